The lowest BCUT2D eigenvalue weighted by molar-refractivity contribution is -0.123. The molecule has 0 aromatic heterocycles. The Balaban J connectivity index is 1.62. The van der Waals surface area contributed by atoms with E-state index in [1.54, 1.807) is 24.3 Å². The van der Waals surface area contributed by atoms with Gasteiger partial charge in [0.15, 0.2) is 17.6 Å². The van der Waals surface area contributed by atoms with Crippen LogP contribution in [-0.2, 0) is 9.53 Å². The van der Waals surface area contributed by atoms with Crippen molar-refractivity contribution in [3.63, 3.8) is 0 Å². The molecule has 0 unspecified atom stereocenters. The number of amides is 1. The van der Waals surface area contributed by atoms with Gasteiger partial charge in [-0.1, -0.05) is 12.1 Å². The van der Waals surface area contributed by atoms with Crippen LogP contribution in [0.3, 0.4) is 0 Å². The number of rotatable bonds is 4. The van der Waals surface area contributed by atoms with Crippen LogP contribution in [0.25, 0.3) is 0 Å². The molecule has 3 rings (SSSR count). The number of aryl methyl sites for hydroxylation is 1. The molecule has 0 bridgehead atoms. The van der Waals surface area contributed by atoms with E-state index >= 15 is 0 Å². The summed E-state index contributed by atoms with van der Waals surface area (Å²) < 4.78 is 16.1. The normalized spacial score (nSPS) is 13.7. The number of benzene rings is 2. The van der Waals surface area contributed by atoms with Gasteiger partial charge < -0.3 is 19.5 Å². The van der Waals surface area contributed by atoms with Crippen LogP contribution in [0, 0.1) is 6.92 Å². The summed E-state index contributed by atoms with van der Waals surface area (Å²) in [5.41, 5.74) is 1.99. The molecule has 1 aliphatic rings. The molecule has 130 valence electrons. The van der Waals surface area contributed by atoms with Gasteiger partial charge in [0.2, 0.25) is 0 Å². The third-order valence-electron chi connectivity index (χ3n) is 3.72. The fourth-order valence-corrected chi connectivity index (χ4v) is 2.42. The van der Waals surface area contributed by atoms with Gasteiger partial charge >= 0.3 is 5.97 Å². The molecule has 1 aliphatic heterocycles. The molecule has 1 heterocycles. The Kier molecular flexibility index (Phi) is 4.88. The Morgan fingerprint density at radius 2 is 1.84 bits per heavy atom. The van der Waals surface area contributed by atoms with Gasteiger partial charge in [-0.15, -0.1) is 0 Å². The van der Waals surface area contributed by atoms with E-state index < -0.39 is 18.0 Å². The van der Waals surface area contributed by atoms with Crippen LogP contribution in [0.15, 0.2) is 42.5 Å². The standard InChI is InChI=1S/C19H19NO5/c1-12-4-3-5-15(10-12)20-18(21)13(2)25-19(22)14-6-7-16-17(11-14)24-9-8-23-16/h3-7,10-11,13H,8-9H2,1-2H3,(H,20,21)/t13-/m1/s1. The van der Waals surface area contributed by atoms with E-state index in [0.29, 0.717) is 36.0 Å². The lowest BCUT2D eigenvalue weighted by Crippen LogP contribution is -2.30. The highest BCUT2D eigenvalue weighted by Gasteiger charge is 2.21. The predicted octanol–water partition coefficient (Wildman–Crippen LogP) is 2.95. The number of fused-ring (bicyclic) bond motifs is 1. The van der Waals surface area contributed by atoms with Gasteiger partial charge in [0.1, 0.15) is 13.2 Å². The van der Waals surface area contributed by atoms with E-state index in [0.717, 1.165) is 5.56 Å². The average Bonchev–Trinajstić information content (AvgIpc) is 2.61. The third-order valence-corrected chi connectivity index (χ3v) is 3.72. The van der Waals surface area contributed by atoms with Crippen molar-refractivity contribution in [3.05, 3.63) is 53.6 Å². The summed E-state index contributed by atoms with van der Waals surface area (Å²) in [7, 11) is 0. The zero-order chi connectivity index (χ0) is 17.8. The second-order valence-corrected chi connectivity index (χ2v) is 5.76. The fourth-order valence-electron chi connectivity index (χ4n) is 2.42. The first kappa shape index (κ1) is 16.8. The maximum atomic E-state index is 12.3. The maximum Gasteiger partial charge on any atom is 0.339 e. The molecule has 2 aromatic rings. The van der Waals surface area contributed by atoms with Crippen molar-refractivity contribution in [2.45, 2.75) is 20.0 Å². The van der Waals surface area contributed by atoms with Gasteiger partial charge in [0, 0.05) is 5.69 Å². The van der Waals surface area contributed by atoms with Crippen LogP contribution in [0.1, 0.15) is 22.8 Å². The van der Waals surface area contributed by atoms with Crippen molar-refractivity contribution in [1.29, 1.82) is 0 Å². The summed E-state index contributed by atoms with van der Waals surface area (Å²) in [5, 5.41) is 2.73. The van der Waals surface area contributed by atoms with Crippen molar-refractivity contribution >= 4 is 17.6 Å². The van der Waals surface area contributed by atoms with Crippen molar-refractivity contribution in [2.24, 2.45) is 0 Å². The maximum absolute atomic E-state index is 12.3. The molecule has 0 aliphatic carbocycles. The molecule has 0 saturated carbocycles. The minimum atomic E-state index is -0.929. The molecule has 0 saturated heterocycles. The molecule has 1 amide bonds. The van der Waals surface area contributed by atoms with Crippen LogP contribution < -0.4 is 14.8 Å². The number of esters is 1. The summed E-state index contributed by atoms with van der Waals surface area (Å²) in [5.74, 6) is 0.103. The first-order chi connectivity index (χ1) is 12.0. The monoisotopic (exact) mass is 341 g/mol. The van der Waals surface area contributed by atoms with Gasteiger partial charge in [0.25, 0.3) is 5.91 Å². The molecule has 25 heavy (non-hydrogen) atoms. The van der Waals surface area contributed by atoms with E-state index in [9.17, 15) is 9.59 Å². The smallest absolute Gasteiger partial charge is 0.339 e. The lowest BCUT2D eigenvalue weighted by Gasteiger charge is -2.19. The highest BCUT2D eigenvalue weighted by Crippen LogP contribution is 2.31. The first-order valence-electron chi connectivity index (χ1n) is 8.01. The minimum Gasteiger partial charge on any atom is -0.486 e. The Bertz CT molecular complexity index is 802. The Hall–Kier alpha value is -3.02. The van der Waals surface area contributed by atoms with E-state index in [4.69, 9.17) is 14.2 Å². The van der Waals surface area contributed by atoms with Crippen molar-refractivity contribution in [2.75, 3.05) is 18.5 Å². The van der Waals surface area contributed by atoms with Crippen molar-refractivity contribution < 1.29 is 23.8 Å². The number of carbonyl (C=O) groups is 2. The molecule has 2 aromatic carbocycles. The predicted molar refractivity (Wildman–Crippen MR) is 92.1 cm³/mol. The highest BCUT2D eigenvalue weighted by atomic mass is 16.6. The van der Waals surface area contributed by atoms with E-state index in [2.05, 4.69) is 5.32 Å². The van der Waals surface area contributed by atoms with Gasteiger partial charge in [-0.3, -0.25) is 4.79 Å². The Morgan fingerprint density at radius 3 is 2.60 bits per heavy atom. The summed E-state index contributed by atoms with van der Waals surface area (Å²) in [4.78, 5) is 24.4. The molecule has 0 radical (unpaired) electrons. The lowest BCUT2D eigenvalue weighted by atomic mass is 10.2. The Morgan fingerprint density at radius 1 is 1.08 bits per heavy atom. The molecule has 0 fully saturated rings. The van der Waals surface area contributed by atoms with Crippen LogP contribution in [0.5, 0.6) is 11.5 Å². The summed E-state index contributed by atoms with van der Waals surface area (Å²) >= 11 is 0. The van der Waals surface area contributed by atoms with Gasteiger partial charge in [-0.05, 0) is 49.7 Å². The molecule has 6 heteroatoms. The minimum absolute atomic E-state index is 0.305. The largest absolute Gasteiger partial charge is 0.486 e. The number of carbonyl (C=O) groups excluding carboxylic acids is 2. The molecule has 1 atom stereocenters. The summed E-state index contributed by atoms with van der Waals surface area (Å²) in [6.45, 7) is 4.37. The number of nitrogens with one attached hydrogen (secondary N) is 1. The summed E-state index contributed by atoms with van der Waals surface area (Å²) in [6, 6.07) is 12.2. The topological polar surface area (TPSA) is 73.9 Å². The van der Waals surface area contributed by atoms with Crippen LogP contribution in [0.4, 0.5) is 5.69 Å². The van der Waals surface area contributed by atoms with Crippen molar-refractivity contribution in [1.82, 2.24) is 0 Å². The average molecular weight is 341 g/mol. The second kappa shape index (κ2) is 7.25. The molecule has 0 spiro atoms. The van der Waals surface area contributed by atoms with E-state index in [-0.39, 0.29) is 0 Å². The van der Waals surface area contributed by atoms with E-state index in [1.807, 2.05) is 25.1 Å². The number of ether oxygens (including phenoxy) is 3. The third kappa shape index (κ3) is 4.09. The van der Waals surface area contributed by atoms with E-state index in [1.165, 1.54) is 6.92 Å². The Labute approximate surface area is 145 Å². The van der Waals surface area contributed by atoms with Crippen LogP contribution in [0.2, 0.25) is 0 Å². The van der Waals surface area contributed by atoms with Crippen LogP contribution >= 0.6 is 0 Å². The first-order valence-corrected chi connectivity index (χ1v) is 8.01. The SMILES string of the molecule is Cc1cccc(NC(=O)[C@@H](C)OC(=O)c2ccc3c(c2)OCCO3)c1. The number of anilines is 1. The molecular formula is C19H19NO5. The van der Waals surface area contributed by atoms with Gasteiger partial charge in [0.05, 0.1) is 5.56 Å². The van der Waals surface area contributed by atoms with Gasteiger partial charge in [-0.2, -0.15) is 0 Å². The van der Waals surface area contributed by atoms with Crippen molar-refractivity contribution in [3.8, 4) is 11.5 Å². The number of hydrogen-bond donors (Lipinski definition) is 1. The zero-order valence-electron chi connectivity index (χ0n) is 14.1. The fraction of sp³-hybridized carbons (Fsp3) is 0.263. The van der Waals surface area contributed by atoms with Crippen LogP contribution in [-0.4, -0.2) is 31.2 Å². The quantitative estimate of drug-likeness (QED) is 0.866. The number of hydrogen-bond acceptors (Lipinski definition) is 5. The molecular weight excluding hydrogens is 322 g/mol. The second-order valence-electron chi connectivity index (χ2n) is 5.76. The highest BCUT2D eigenvalue weighted by molar-refractivity contribution is 5.97. The molecule has 1 N–H and O–H groups in total. The van der Waals surface area contributed by atoms with Gasteiger partial charge in [-0.25, -0.2) is 4.79 Å². The zero-order valence-corrected chi connectivity index (χ0v) is 14.1. The summed E-state index contributed by atoms with van der Waals surface area (Å²) in [6.07, 6.45) is -0.929. The molecule has 6 nitrogen and oxygen atoms in total.